The molecular weight excluding hydrogens is 448 g/mol. The van der Waals surface area contributed by atoms with Gasteiger partial charge >= 0.3 is 5.69 Å². The molecule has 2 heterocycles. The molecule has 0 unspecified atom stereocenters. The monoisotopic (exact) mass is 476 g/mol. The first-order valence-electron chi connectivity index (χ1n) is 10.8. The van der Waals surface area contributed by atoms with Gasteiger partial charge in [0.25, 0.3) is 0 Å². The number of aliphatic hydroxyl groups excluding tert-OH is 1. The van der Waals surface area contributed by atoms with Gasteiger partial charge in [0.1, 0.15) is 29.7 Å². The Labute approximate surface area is 191 Å². The summed E-state index contributed by atoms with van der Waals surface area (Å²) < 4.78 is 38.0. The van der Waals surface area contributed by atoms with E-state index in [-0.39, 0.29) is 23.2 Å². The number of fused-ring (bicyclic) bond motifs is 1. The molecular formula is C22H28N4O6S. The fraction of sp³-hybridized carbons (Fsp3) is 0.409. The molecule has 1 saturated heterocycles. The summed E-state index contributed by atoms with van der Waals surface area (Å²) in [5.74, 6) is 1.10. The van der Waals surface area contributed by atoms with Crippen LogP contribution in [0.3, 0.4) is 0 Å². The van der Waals surface area contributed by atoms with Gasteiger partial charge in [0.05, 0.1) is 17.5 Å². The predicted molar refractivity (Wildman–Crippen MR) is 123 cm³/mol. The van der Waals surface area contributed by atoms with Crippen LogP contribution in [0, 0.1) is 0 Å². The zero-order valence-corrected chi connectivity index (χ0v) is 19.1. The van der Waals surface area contributed by atoms with Gasteiger partial charge < -0.3 is 29.9 Å². The SMILES string of the molecule is COc1ccc(S(=O)(=O)N2CCC(NC[C@@H](O)COc3cccc4[nH]c(=O)[nH]c34)CC2)cc1. The third-order valence-electron chi connectivity index (χ3n) is 5.74. The van der Waals surface area contributed by atoms with Crippen molar-refractivity contribution in [1.82, 2.24) is 19.6 Å². The van der Waals surface area contributed by atoms with Gasteiger partial charge in [0.2, 0.25) is 10.0 Å². The van der Waals surface area contributed by atoms with Crippen LogP contribution in [0.1, 0.15) is 12.8 Å². The second-order valence-corrected chi connectivity index (χ2v) is 9.92. The van der Waals surface area contributed by atoms with E-state index in [4.69, 9.17) is 9.47 Å². The summed E-state index contributed by atoms with van der Waals surface area (Å²) in [7, 11) is -2.01. The van der Waals surface area contributed by atoms with Gasteiger partial charge in [0.15, 0.2) is 0 Å². The number of hydrogen-bond acceptors (Lipinski definition) is 7. The molecule has 1 atom stereocenters. The van der Waals surface area contributed by atoms with Crippen LogP contribution in [-0.2, 0) is 10.0 Å². The number of sulfonamides is 1. The Hall–Kier alpha value is -2.86. The molecule has 0 radical (unpaired) electrons. The lowest BCUT2D eigenvalue weighted by Gasteiger charge is -2.32. The maximum absolute atomic E-state index is 12.9. The highest BCUT2D eigenvalue weighted by Gasteiger charge is 2.29. The largest absolute Gasteiger partial charge is 0.497 e. The smallest absolute Gasteiger partial charge is 0.323 e. The molecule has 4 rings (SSSR count). The zero-order valence-electron chi connectivity index (χ0n) is 18.3. The van der Waals surface area contributed by atoms with Crippen LogP contribution >= 0.6 is 0 Å². The summed E-state index contributed by atoms with van der Waals surface area (Å²) in [5, 5.41) is 13.6. The van der Waals surface area contributed by atoms with Crippen molar-refractivity contribution >= 4 is 21.1 Å². The van der Waals surface area contributed by atoms with E-state index in [1.54, 1.807) is 42.5 Å². The number of ether oxygens (including phenoxy) is 2. The second-order valence-electron chi connectivity index (χ2n) is 7.98. The van der Waals surface area contributed by atoms with E-state index in [9.17, 15) is 18.3 Å². The first kappa shape index (κ1) is 23.3. The van der Waals surface area contributed by atoms with E-state index in [1.165, 1.54) is 11.4 Å². The quantitative estimate of drug-likeness (QED) is 0.362. The predicted octanol–water partition coefficient (Wildman–Crippen LogP) is 1.05. The number of benzene rings is 2. The number of piperidine rings is 1. The molecule has 2 aromatic carbocycles. The van der Waals surface area contributed by atoms with E-state index in [0.29, 0.717) is 55.0 Å². The van der Waals surface area contributed by atoms with Gasteiger partial charge in [-0.3, -0.25) is 0 Å². The van der Waals surface area contributed by atoms with Crippen molar-refractivity contribution in [2.75, 3.05) is 33.4 Å². The Morgan fingerprint density at radius 3 is 2.58 bits per heavy atom. The van der Waals surface area contributed by atoms with Crippen molar-refractivity contribution in [3.05, 3.63) is 52.9 Å². The molecule has 1 fully saturated rings. The van der Waals surface area contributed by atoms with Crippen LogP contribution in [0.2, 0.25) is 0 Å². The molecule has 178 valence electrons. The summed E-state index contributed by atoms with van der Waals surface area (Å²) in [6.45, 7) is 1.18. The summed E-state index contributed by atoms with van der Waals surface area (Å²) in [6, 6.07) is 11.7. The minimum absolute atomic E-state index is 0.0595. The van der Waals surface area contributed by atoms with E-state index in [1.807, 2.05) is 0 Å². The minimum Gasteiger partial charge on any atom is -0.497 e. The molecule has 1 aromatic heterocycles. The first-order chi connectivity index (χ1) is 15.9. The summed E-state index contributed by atoms with van der Waals surface area (Å²) in [4.78, 5) is 17.1. The number of aromatic nitrogens is 2. The van der Waals surface area contributed by atoms with Crippen molar-refractivity contribution in [2.24, 2.45) is 0 Å². The number of aromatic amines is 2. The topological polar surface area (TPSA) is 137 Å². The Morgan fingerprint density at radius 1 is 1.15 bits per heavy atom. The number of nitrogens with zero attached hydrogens (tertiary/aromatic N) is 1. The summed E-state index contributed by atoms with van der Waals surface area (Å²) in [6.07, 6.45) is 0.534. The van der Waals surface area contributed by atoms with E-state index in [0.717, 1.165) is 0 Å². The molecule has 11 heteroatoms. The van der Waals surface area contributed by atoms with Crippen LogP contribution in [0.5, 0.6) is 11.5 Å². The average Bonchev–Trinajstić information content (AvgIpc) is 3.22. The van der Waals surface area contributed by atoms with Crippen molar-refractivity contribution in [3.63, 3.8) is 0 Å². The zero-order chi connectivity index (χ0) is 23.4. The van der Waals surface area contributed by atoms with Crippen molar-refractivity contribution in [3.8, 4) is 11.5 Å². The highest BCUT2D eigenvalue weighted by Crippen LogP contribution is 2.23. The average molecular weight is 477 g/mol. The van der Waals surface area contributed by atoms with Crippen LogP contribution in [0.4, 0.5) is 0 Å². The maximum atomic E-state index is 12.9. The van der Waals surface area contributed by atoms with Crippen LogP contribution < -0.4 is 20.5 Å². The number of nitrogens with one attached hydrogen (secondary N) is 3. The Morgan fingerprint density at radius 2 is 1.88 bits per heavy atom. The van der Waals surface area contributed by atoms with Gasteiger partial charge in [-0.1, -0.05) is 6.07 Å². The third kappa shape index (κ3) is 5.38. The summed E-state index contributed by atoms with van der Waals surface area (Å²) in [5.41, 5.74) is 0.887. The van der Waals surface area contributed by atoms with Crippen LogP contribution in [-0.4, -0.2) is 73.3 Å². The molecule has 3 aromatic rings. The number of imidazole rings is 1. The Balaban J connectivity index is 1.24. The Kier molecular flexibility index (Phi) is 7.03. The molecule has 0 amide bonds. The van der Waals surface area contributed by atoms with Crippen molar-refractivity contribution < 1.29 is 23.0 Å². The van der Waals surface area contributed by atoms with E-state index in [2.05, 4.69) is 15.3 Å². The normalized spacial score (nSPS) is 16.7. The van der Waals surface area contributed by atoms with Crippen molar-refractivity contribution in [2.45, 2.75) is 29.9 Å². The number of aliphatic hydroxyl groups is 1. The van der Waals surface area contributed by atoms with Gasteiger partial charge in [-0.25, -0.2) is 13.2 Å². The number of H-pyrrole nitrogens is 2. The van der Waals surface area contributed by atoms with E-state index >= 15 is 0 Å². The number of rotatable bonds is 9. The molecule has 0 bridgehead atoms. The molecule has 33 heavy (non-hydrogen) atoms. The fourth-order valence-electron chi connectivity index (χ4n) is 3.90. The highest BCUT2D eigenvalue weighted by atomic mass is 32.2. The number of methoxy groups -OCH3 is 1. The lowest BCUT2D eigenvalue weighted by atomic mass is 10.1. The molecule has 1 aliphatic heterocycles. The Bertz CT molecular complexity index is 1230. The summed E-state index contributed by atoms with van der Waals surface area (Å²) >= 11 is 0. The lowest BCUT2D eigenvalue weighted by Crippen LogP contribution is -2.47. The fourth-order valence-corrected chi connectivity index (χ4v) is 5.37. The van der Waals surface area contributed by atoms with Gasteiger partial charge in [0, 0.05) is 25.7 Å². The molecule has 0 aliphatic carbocycles. The highest BCUT2D eigenvalue weighted by molar-refractivity contribution is 7.89. The van der Waals surface area contributed by atoms with Gasteiger partial charge in [-0.05, 0) is 49.2 Å². The van der Waals surface area contributed by atoms with Crippen molar-refractivity contribution in [1.29, 1.82) is 0 Å². The van der Waals surface area contributed by atoms with Crippen LogP contribution in [0.25, 0.3) is 11.0 Å². The minimum atomic E-state index is -3.54. The standard InChI is InChI=1S/C22H28N4O6S/c1-31-17-5-7-18(8-6-17)33(29,30)26-11-9-15(10-12-26)23-13-16(27)14-32-20-4-2-3-19-21(20)25-22(28)24-19/h2-8,15-16,23,27H,9-14H2,1H3,(H2,24,25,28)/t16-/m1/s1. The number of hydrogen-bond donors (Lipinski definition) is 4. The molecule has 4 N–H and O–H groups in total. The third-order valence-corrected chi connectivity index (χ3v) is 7.65. The molecule has 10 nitrogen and oxygen atoms in total. The maximum Gasteiger partial charge on any atom is 0.323 e. The molecule has 0 saturated carbocycles. The molecule has 0 spiro atoms. The van der Waals surface area contributed by atoms with Gasteiger partial charge in [-0.15, -0.1) is 0 Å². The van der Waals surface area contributed by atoms with Crippen LogP contribution in [0.15, 0.2) is 52.2 Å². The first-order valence-corrected chi connectivity index (χ1v) is 12.2. The molecule has 1 aliphatic rings. The second kappa shape index (κ2) is 9.96. The number of para-hydroxylation sites is 1. The van der Waals surface area contributed by atoms with Gasteiger partial charge in [-0.2, -0.15) is 4.31 Å². The lowest BCUT2D eigenvalue weighted by molar-refractivity contribution is 0.101. The van der Waals surface area contributed by atoms with E-state index < -0.39 is 16.1 Å².